The average molecular weight is 275 g/mol. The molecule has 0 saturated carbocycles. The van der Waals surface area contributed by atoms with Crippen molar-refractivity contribution in [1.82, 2.24) is 10.2 Å². The molecule has 1 aromatic rings. The number of imide groups is 1. The highest BCUT2D eigenvalue weighted by atomic mass is 16.2. The van der Waals surface area contributed by atoms with Gasteiger partial charge in [0, 0.05) is 12.6 Å². The van der Waals surface area contributed by atoms with E-state index in [9.17, 15) is 9.59 Å². The van der Waals surface area contributed by atoms with Crippen LogP contribution >= 0.6 is 0 Å². The Morgan fingerprint density at radius 2 is 1.90 bits per heavy atom. The van der Waals surface area contributed by atoms with Crippen molar-refractivity contribution in [3.63, 3.8) is 0 Å². The Morgan fingerprint density at radius 1 is 1.30 bits per heavy atom. The van der Waals surface area contributed by atoms with Crippen molar-refractivity contribution in [1.29, 1.82) is 0 Å². The average Bonchev–Trinajstić information content (AvgIpc) is 2.64. The Kier molecular flexibility index (Phi) is 3.81. The number of benzene rings is 1. The number of aryl methyl sites for hydroxylation is 1. The molecule has 3 amide bonds. The normalized spacial score (nSPS) is 23.9. The van der Waals surface area contributed by atoms with E-state index in [1.807, 2.05) is 38.1 Å². The van der Waals surface area contributed by atoms with Gasteiger partial charge in [-0.3, -0.25) is 9.69 Å². The molecule has 0 bridgehead atoms. The van der Waals surface area contributed by atoms with Crippen molar-refractivity contribution >= 4 is 11.9 Å². The maximum absolute atomic E-state index is 12.3. The summed E-state index contributed by atoms with van der Waals surface area (Å²) in [6.45, 7) is 5.81. The minimum Gasteiger partial charge on any atom is -0.323 e. The van der Waals surface area contributed by atoms with E-state index in [4.69, 9.17) is 5.73 Å². The smallest absolute Gasteiger partial charge is 0.323 e. The lowest BCUT2D eigenvalue weighted by Crippen LogP contribution is -2.43. The van der Waals surface area contributed by atoms with Crippen LogP contribution in [0.2, 0.25) is 0 Å². The van der Waals surface area contributed by atoms with Crippen LogP contribution in [0.25, 0.3) is 0 Å². The maximum Gasteiger partial charge on any atom is 0.325 e. The minimum atomic E-state index is -0.802. The second-order valence-electron chi connectivity index (χ2n) is 5.55. The highest BCUT2D eigenvalue weighted by molar-refractivity contribution is 6.06. The number of hydrogen-bond acceptors (Lipinski definition) is 3. The van der Waals surface area contributed by atoms with E-state index in [2.05, 4.69) is 5.32 Å². The molecule has 1 saturated heterocycles. The monoisotopic (exact) mass is 275 g/mol. The first-order chi connectivity index (χ1) is 9.37. The van der Waals surface area contributed by atoms with Gasteiger partial charge in [-0.2, -0.15) is 0 Å². The molecule has 5 heteroatoms. The number of nitrogens with zero attached hydrogens (tertiary/aromatic N) is 1. The first-order valence-corrected chi connectivity index (χ1v) is 6.83. The van der Waals surface area contributed by atoms with Gasteiger partial charge in [-0.1, -0.05) is 36.8 Å². The second-order valence-corrected chi connectivity index (χ2v) is 5.55. The van der Waals surface area contributed by atoms with Crippen LogP contribution in [0.3, 0.4) is 0 Å². The number of nitrogens with one attached hydrogen (secondary N) is 1. The summed E-state index contributed by atoms with van der Waals surface area (Å²) in [7, 11) is 0. The molecular formula is C15H21N3O2. The van der Waals surface area contributed by atoms with Crippen molar-refractivity contribution in [2.75, 3.05) is 6.54 Å². The number of carbonyl (C=O) groups is 2. The summed E-state index contributed by atoms with van der Waals surface area (Å²) in [6.07, 6.45) is 0.563. The van der Waals surface area contributed by atoms with Crippen LogP contribution in [0, 0.1) is 6.92 Å². The summed E-state index contributed by atoms with van der Waals surface area (Å²) in [5.41, 5.74) is 7.37. The van der Waals surface area contributed by atoms with Crippen molar-refractivity contribution in [2.24, 2.45) is 5.73 Å². The fourth-order valence-corrected chi connectivity index (χ4v) is 2.27. The Morgan fingerprint density at radius 3 is 2.40 bits per heavy atom. The van der Waals surface area contributed by atoms with E-state index in [-0.39, 0.29) is 24.5 Å². The largest absolute Gasteiger partial charge is 0.325 e. The van der Waals surface area contributed by atoms with Crippen LogP contribution in [0.4, 0.5) is 4.79 Å². The molecule has 0 spiro atoms. The topological polar surface area (TPSA) is 75.4 Å². The molecule has 1 heterocycles. The molecule has 2 rings (SSSR count). The SMILES string of the molecule is CCC1(C)NC(=O)N(CC(N)c2ccc(C)cc2)C1=O. The minimum absolute atomic E-state index is 0.198. The van der Waals surface area contributed by atoms with E-state index in [0.29, 0.717) is 6.42 Å². The standard InChI is InChI=1S/C15H21N3O2/c1-4-15(3)13(19)18(14(20)17-15)9-12(16)11-7-5-10(2)6-8-11/h5-8,12H,4,9,16H2,1-3H3,(H,17,20). The fourth-order valence-electron chi connectivity index (χ4n) is 2.27. The molecule has 1 aliphatic rings. The van der Waals surface area contributed by atoms with E-state index in [1.54, 1.807) is 6.92 Å². The van der Waals surface area contributed by atoms with Gasteiger partial charge in [0.1, 0.15) is 5.54 Å². The zero-order chi connectivity index (χ0) is 14.9. The molecule has 3 N–H and O–H groups in total. The van der Waals surface area contributed by atoms with Crippen LogP contribution in [-0.2, 0) is 4.79 Å². The lowest BCUT2D eigenvalue weighted by Gasteiger charge is -2.21. The van der Waals surface area contributed by atoms with Gasteiger partial charge in [0.2, 0.25) is 0 Å². The van der Waals surface area contributed by atoms with Crippen LogP contribution < -0.4 is 11.1 Å². The van der Waals surface area contributed by atoms with Crippen molar-refractivity contribution < 1.29 is 9.59 Å². The zero-order valence-corrected chi connectivity index (χ0v) is 12.1. The first kappa shape index (κ1) is 14.5. The van der Waals surface area contributed by atoms with Crippen LogP contribution in [0.15, 0.2) is 24.3 Å². The fraction of sp³-hybridized carbons (Fsp3) is 0.467. The summed E-state index contributed by atoms with van der Waals surface area (Å²) in [5, 5.41) is 2.73. The number of urea groups is 1. The van der Waals surface area contributed by atoms with Crippen molar-refractivity contribution in [2.45, 2.75) is 38.8 Å². The summed E-state index contributed by atoms with van der Waals surface area (Å²) in [6, 6.07) is 7.06. The highest BCUT2D eigenvalue weighted by Crippen LogP contribution is 2.23. The Balaban J connectivity index is 2.12. The predicted molar refractivity (Wildman–Crippen MR) is 77.0 cm³/mol. The van der Waals surface area contributed by atoms with Gasteiger partial charge in [0.05, 0.1) is 0 Å². The Hall–Kier alpha value is -1.88. The zero-order valence-electron chi connectivity index (χ0n) is 12.1. The summed E-state index contributed by atoms with van der Waals surface area (Å²) in [4.78, 5) is 25.4. The first-order valence-electron chi connectivity index (χ1n) is 6.83. The molecule has 108 valence electrons. The van der Waals surface area contributed by atoms with E-state index < -0.39 is 5.54 Å². The highest BCUT2D eigenvalue weighted by Gasteiger charge is 2.46. The lowest BCUT2D eigenvalue weighted by molar-refractivity contribution is -0.131. The van der Waals surface area contributed by atoms with Crippen LogP contribution in [-0.4, -0.2) is 28.9 Å². The summed E-state index contributed by atoms with van der Waals surface area (Å²) in [5.74, 6) is -0.201. The summed E-state index contributed by atoms with van der Waals surface area (Å²) < 4.78 is 0. The number of amides is 3. The van der Waals surface area contributed by atoms with Crippen molar-refractivity contribution in [3.05, 3.63) is 35.4 Å². The quantitative estimate of drug-likeness (QED) is 0.821. The Labute approximate surface area is 119 Å². The number of nitrogens with two attached hydrogens (primary N) is 1. The van der Waals surface area contributed by atoms with Crippen molar-refractivity contribution in [3.8, 4) is 0 Å². The van der Waals surface area contributed by atoms with Gasteiger partial charge in [-0.25, -0.2) is 4.79 Å². The number of hydrogen-bond donors (Lipinski definition) is 2. The molecule has 0 aliphatic carbocycles. The van der Waals surface area contributed by atoms with E-state index in [0.717, 1.165) is 11.1 Å². The maximum atomic E-state index is 12.3. The molecule has 1 fully saturated rings. The van der Waals surface area contributed by atoms with Gasteiger partial charge >= 0.3 is 6.03 Å². The van der Waals surface area contributed by atoms with Gasteiger partial charge < -0.3 is 11.1 Å². The number of rotatable bonds is 4. The van der Waals surface area contributed by atoms with E-state index >= 15 is 0 Å². The lowest BCUT2D eigenvalue weighted by atomic mass is 9.99. The van der Waals surface area contributed by atoms with Gasteiger partial charge in [0.25, 0.3) is 5.91 Å². The molecule has 0 aromatic heterocycles. The third-order valence-corrected chi connectivity index (χ3v) is 3.94. The molecule has 1 aromatic carbocycles. The second kappa shape index (κ2) is 5.25. The third-order valence-electron chi connectivity index (χ3n) is 3.94. The van der Waals surface area contributed by atoms with Gasteiger partial charge in [0.15, 0.2) is 0 Å². The predicted octanol–water partition coefficient (Wildman–Crippen LogP) is 1.72. The van der Waals surface area contributed by atoms with Crippen LogP contribution in [0.5, 0.6) is 0 Å². The van der Waals surface area contributed by atoms with Crippen LogP contribution in [0.1, 0.15) is 37.4 Å². The number of carbonyl (C=O) groups excluding carboxylic acids is 2. The molecule has 5 nitrogen and oxygen atoms in total. The molecule has 20 heavy (non-hydrogen) atoms. The molecule has 2 atom stereocenters. The Bertz CT molecular complexity index is 526. The molecule has 0 radical (unpaired) electrons. The van der Waals surface area contributed by atoms with Gasteiger partial charge in [-0.15, -0.1) is 0 Å². The molecule has 2 unspecified atom stereocenters. The van der Waals surface area contributed by atoms with E-state index in [1.165, 1.54) is 4.90 Å². The molecular weight excluding hydrogens is 254 g/mol. The van der Waals surface area contributed by atoms with Gasteiger partial charge in [-0.05, 0) is 25.8 Å². The third kappa shape index (κ3) is 2.54. The summed E-state index contributed by atoms with van der Waals surface area (Å²) >= 11 is 0. The molecule has 1 aliphatic heterocycles.